The molecule has 0 spiro atoms. The van der Waals surface area contributed by atoms with Gasteiger partial charge in [-0.05, 0) is 42.7 Å². The van der Waals surface area contributed by atoms with Crippen molar-refractivity contribution >= 4 is 23.0 Å². The third-order valence-electron chi connectivity index (χ3n) is 5.55. The number of amides is 1. The fraction of sp³-hybridized carbons (Fsp3) is 0.120. The number of ketones is 2. The predicted molar refractivity (Wildman–Crippen MR) is 116 cm³/mol. The molecule has 0 bridgehead atoms. The van der Waals surface area contributed by atoms with E-state index in [-0.39, 0.29) is 45.6 Å². The predicted octanol–water partition coefficient (Wildman–Crippen LogP) is 3.47. The zero-order chi connectivity index (χ0) is 21.4. The zero-order valence-electron chi connectivity index (χ0n) is 16.7. The van der Waals surface area contributed by atoms with E-state index in [9.17, 15) is 14.4 Å². The van der Waals surface area contributed by atoms with Gasteiger partial charge in [-0.3, -0.25) is 19.4 Å². The van der Waals surface area contributed by atoms with Gasteiger partial charge in [0.2, 0.25) is 5.78 Å². The summed E-state index contributed by atoms with van der Waals surface area (Å²) in [5.41, 5.74) is 2.67. The summed E-state index contributed by atoms with van der Waals surface area (Å²) in [5, 5.41) is 2.93. The summed E-state index contributed by atoms with van der Waals surface area (Å²) in [7, 11) is 0. The maximum atomic E-state index is 13.3. The average molecular weight is 409 g/mol. The third-order valence-corrected chi connectivity index (χ3v) is 5.55. The van der Waals surface area contributed by atoms with Gasteiger partial charge in [-0.25, -0.2) is 0 Å². The number of nitrogens with zero attached hydrogens (tertiary/aromatic N) is 2. The van der Waals surface area contributed by atoms with Crippen molar-refractivity contribution in [1.82, 2.24) is 14.7 Å². The Bertz CT molecular complexity index is 1340. The standard InChI is InChI=1S/C25H19N3O3/c29-23-17-11-7-13-26-21(17)24(30)22-20(23)19(18-12-4-5-15-28(18)22)25(31)27-14-6-10-16-8-2-1-3-9-16/h1-5,7-9,11-13,15H,6,10,14H2,(H,27,31). The van der Waals surface area contributed by atoms with Crippen molar-refractivity contribution in [3.05, 3.63) is 107 Å². The number of aryl methyl sites for hydroxylation is 1. The van der Waals surface area contributed by atoms with Crippen molar-refractivity contribution < 1.29 is 14.4 Å². The number of hydrogen-bond acceptors (Lipinski definition) is 4. The van der Waals surface area contributed by atoms with Crippen LogP contribution in [0.2, 0.25) is 0 Å². The average Bonchev–Trinajstić information content (AvgIpc) is 3.17. The van der Waals surface area contributed by atoms with E-state index in [0.717, 1.165) is 12.8 Å². The molecule has 31 heavy (non-hydrogen) atoms. The van der Waals surface area contributed by atoms with Crippen molar-refractivity contribution in [3.8, 4) is 0 Å². The molecule has 0 unspecified atom stereocenters. The molecular weight excluding hydrogens is 390 g/mol. The van der Waals surface area contributed by atoms with Gasteiger partial charge in [-0.2, -0.15) is 0 Å². The molecule has 0 atom stereocenters. The molecule has 0 saturated heterocycles. The number of benzene rings is 1. The minimum absolute atomic E-state index is 0.123. The van der Waals surface area contributed by atoms with Crippen LogP contribution in [0.15, 0.2) is 73.1 Å². The summed E-state index contributed by atoms with van der Waals surface area (Å²) in [6, 6.07) is 18.5. The number of hydrogen-bond donors (Lipinski definition) is 1. The highest BCUT2D eigenvalue weighted by Crippen LogP contribution is 2.32. The second-order valence-electron chi connectivity index (χ2n) is 7.46. The Hall–Kier alpha value is -4.06. The second kappa shape index (κ2) is 7.65. The fourth-order valence-electron chi connectivity index (χ4n) is 4.13. The molecule has 4 aromatic rings. The molecule has 1 aliphatic rings. The Morgan fingerprint density at radius 2 is 1.74 bits per heavy atom. The molecule has 0 radical (unpaired) electrons. The van der Waals surface area contributed by atoms with Gasteiger partial charge in [0.15, 0.2) is 5.78 Å². The molecule has 3 heterocycles. The highest BCUT2D eigenvalue weighted by atomic mass is 16.2. The van der Waals surface area contributed by atoms with Gasteiger partial charge in [0.05, 0.1) is 22.2 Å². The molecule has 152 valence electrons. The van der Waals surface area contributed by atoms with Gasteiger partial charge in [0, 0.05) is 18.9 Å². The van der Waals surface area contributed by atoms with Crippen LogP contribution in [0.5, 0.6) is 0 Å². The van der Waals surface area contributed by atoms with Gasteiger partial charge >= 0.3 is 0 Å². The van der Waals surface area contributed by atoms with Crippen LogP contribution < -0.4 is 5.32 Å². The number of carbonyl (C=O) groups excluding carboxylic acids is 3. The van der Waals surface area contributed by atoms with E-state index in [1.807, 2.05) is 18.2 Å². The molecule has 0 fully saturated rings. The quantitative estimate of drug-likeness (QED) is 0.451. The molecule has 1 N–H and O–H groups in total. The highest BCUT2D eigenvalue weighted by molar-refractivity contribution is 6.31. The Labute approximate surface area is 178 Å². The van der Waals surface area contributed by atoms with Crippen molar-refractivity contribution in [2.75, 3.05) is 6.54 Å². The molecule has 1 amide bonds. The first-order valence-corrected chi connectivity index (χ1v) is 10.2. The molecule has 3 aromatic heterocycles. The van der Waals surface area contributed by atoms with Gasteiger partial charge in [0.25, 0.3) is 5.91 Å². The molecule has 0 saturated carbocycles. The van der Waals surface area contributed by atoms with E-state index < -0.39 is 0 Å². The highest BCUT2D eigenvalue weighted by Gasteiger charge is 2.38. The van der Waals surface area contributed by atoms with E-state index in [2.05, 4.69) is 22.4 Å². The molecule has 1 aliphatic carbocycles. The molecule has 0 aliphatic heterocycles. The molecule has 5 rings (SSSR count). The number of pyridine rings is 2. The summed E-state index contributed by atoms with van der Waals surface area (Å²) < 4.78 is 1.62. The normalized spacial score (nSPS) is 12.5. The minimum atomic E-state index is -0.355. The van der Waals surface area contributed by atoms with Crippen molar-refractivity contribution in [3.63, 3.8) is 0 Å². The van der Waals surface area contributed by atoms with Gasteiger partial charge in [-0.15, -0.1) is 0 Å². The zero-order valence-corrected chi connectivity index (χ0v) is 16.7. The molecular formula is C25H19N3O3. The largest absolute Gasteiger partial charge is 0.352 e. The lowest BCUT2D eigenvalue weighted by Gasteiger charge is -2.14. The summed E-state index contributed by atoms with van der Waals surface area (Å²) in [4.78, 5) is 43.7. The Kier molecular flexibility index (Phi) is 4.67. The Morgan fingerprint density at radius 1 is 0.935 bits per heavy atom. The third kappa shape index (κ3) is 3.13. The molecule has 1 aromatic carbocycles. The van der Waals surface area contributed by atoms with E-state index in [4.69, 9.17) is 0 Å². The second-order valence-corrected chi connectivity index (χ2v) is 7.46. The summed E-state index contributed by atoms with van der Waals surface area (Å²) >= 11 is 0. The topological polar surface area (TPSA) is 80.5 Å². The van der Waals surface area contributed by atoms with E-state index in [0.29, 0.717) is 12.1 Å². The van der Waals surface area contributed by atoms with Crippen molar-refractivity contribution in [2.24, 2.45) is 0 Å². The van der Waals surface area contributed by atoms with E-state index in [1.165, 1.54) is 11.8 Å². The van der Waals surface area contributed by atoms with Crippen LogP contribution in [0.25, 0.3) is 5.52 Å². The summed E-state index contributed by atoms with van der Waals surface area (Å²) in [6.45, 7) is 0.465. The number of fused-ring (bicyclic) bond motifs is 4. The van der Waals surface area contributed by atoms with Gasteiger partial charge in [0.1, 0.15) is 11.4 Å². The Balaban J connectivity index is 1.49. The van der Waals surface area contributed by atoms with E-state index in [1.54, 1.807) is 40.9 Å². The van der Waals surface area contributed by atoms with Crippen LogP contribution in [0.3, 0.4) is 0 Å². The monoisotopic (exact) mass is 409 g/mol. The smallest absolute Gasteiger partial charge is 0.254 e. The van der Waals surface area contributed by atoms with Crippen molar-refractivity contribution in [2.45, 2.75) is 12.8 Å². The van der Waals surface area contributed by atoms with Crippen molar-refractivity contribution in [1.29, 1.82) is 0 Å². The SMILES string of the molecule is O=C1c2cccnc2C(=O)c2c1c(C(=O)NCCCc1ccccc1)c1ccccn21. The number of nitrogens with one attached hydrogen (secondary N) is 1. The lowest BCUT2D eigenvalue weighted by molar-refractivity contribution is 0.0939. The summed E-state index contributed by atoms with van der Waals surface area (Å²) in [6.07, 6.45) is 4.79. The lowest BCUT2D eigenvalue weighted by atomic mass is 9.89. The first kappa shape index (κ1) is 18.9. The first-order chi connectivity index (χ1) is 15.2. The van der Waals surface area contributed by atoms with Crippen LogP contribution in [-0.2, 0) is 6.42 Å². The first-order valence-electron chi connectivity index (χ1n) is 10.2. The number of aromatic nitrogens is 2. The summed E-state index contributed by atoms with van der Waals surface area (Å²) in [5.74, 6) is -1.06. The van der Waals surface area contributed by atoms with Gasteiger partial charge in [-0.1, -0.05) is 36.4 Å². The van der Waals surface area contributed by atoms with E-state index >= 15 is 0 Å². The van der Waals surface area contributed by atoms with Crippen LogP contribution in [0.4, 0.5) is 0 Å². The van der Waals surface area contributed by atoms with Crippen LogP contribution in [-0.4, -0.2) is 33.4 Å². The molecule has 6 heteroatoms. The molecule has 6 nitrogen and oxygen atoms in total. The van der Waals surface area contributed by atoms with Gasteiger partial charge < -0.3 is 9.72 Å². The maximum absolute atomic E-state index is 13.3. The van der Waals surface area contributed by atoms with Crippen LogP contribution in [0, 0.1) is 0 Å². The lowest BCUT2D eigenvalue weighted by Crippen LogP contribution is -2.28. The number of carbonyl (C=O) groups is 3. The maximum Gasteiger partial charge on any atom is 0.254 e. The van der Waals surface area contributed by atoms with Crippen LogP contribution in [0.1, 0.15) is 54.4 Å². The number of rotatable bonds is 5. The van der Waals surface area contributed by atoms with Crippen LogP contribution >= 0.6 is 0 Å². The minimum Gasteiger partial charge on any atom is -0.352 e. The fourth-order valence-corrected chi connectivity index (χ4v) is 4.13. The Morgan fingerprint density at radius 3 is 2.58 bits per heavy atom.